The van der Waals surface area contributed by atoms with Crippen LogP contribution in [0.3, 0.4) is 0 Å². The number of methoxy groups -OCH3 is 1. The maximum atomic E-state index is 5.04. The van der Waals surface area contributed by atoms with Crippen LogP contribution in [0.25, 0.3) is 10.9 Å². The second-order valence-corrected chi connectivity index (χ2v) is 3.87. The third-order valence-electron chi connectivity index (χ3n) is 1.94. The number of halogens is 1. The number of H-pyrrole nitrogens is 1. The molecule has 0 unspecified atom stereocenters. The fourth-order valence-corrected chi connectivity index (χ4v) is 1.78. The summed E-state index contributed by atoms with van der Waals surface area (Å²) < 4.78 is 6.14. The molecule has 0 aliphatic carbocycles. The minimum Gasteiger partial charge on any atom is -0.378 e. The van der Waals surface area contributed by atoms with Crippen molar-refractivity contribution in [3.05, 3.63) is 34.4 Å². The lowest BCUT2D eigenvalue weighted by Crippen LogP contribution is -1.85. The molecular weight excluding hydrogens is 230 g/mol. The SMILES string of the molecule is COCc1cc2cc(Br)ccc2[nH]1. The molecule has 2 nitrogen and oxygen atoms in total. The highest BCUT2D eigenvalue weighted by Crippen LogP contribution is 2.20. The van der Waals surface area contributed by atoms with Crippen LogP contribution >= 0.6 is 15.9 Å². The van der Waals surface area contributed by atoms with Crippen LogP contribution in [-0.2, 0) is 11.3 Å². The molecule has 0 saturated carbocycles. The third-order valence-corrected chi connectivity index (χ3v) is 2.43. The molecule has 0 amide bonds. The molecule has 0 bridgehead atoms. The van der Waals surface area contributed by atoms with Crippen molar-refractivity contribution in [2.24, 2.45) is 0 Å². The van der Waals surface area contributed by atoms with Crippen LogP contribution < -0.4 is 0 Å². The van der Waals surface area contributed by atoms with Crippen LogP contribution in [0.1, 0.15) is 5.69 Å². The van der Waals surface area contributed by atoms with E-state index in [1.165, 1.54) is 5.39 Å². The Kier molecular flexibility index (Phi) is 2.38. The van der Waals surface area contributed by atoms with Gasteiger partial charge in [0.15, 0.2) is 0 Å². The number of hydrogen-bond donors (Lipinski definition) is 1. The van der Waals surface area contributed by atoms with Gasteiger partial charge in [0.1, 0.15) is 0 Å². The quantitative estimate of drug-likeness (QED) is 0.857. The second-order valence-electron chi connectivity index (χ2n) is 2.96. The maximum absolute atomic E-state index is 5.04. The topological polar surface area (TPSA) is 25.0 Å². The molecule has 1 heterocycles. The summed E-state index contributed by atoms with van der Waals surface area (Å²) in [6, 6.07) is 8.27. The first kappa shape index (κ1) is 8.78. The van der Waals surface area contributed by atoms with Gasteiger partial charge < -0.3 is 9.72 Å². The molecule has 0 atom stereocenters. The predicted molar refractivity (Wildman–Crippen MR) is 56.7 cm³/mol. The van der Waals surface area contributed by atoms with E-state index in [4.69, 9.17) is 4.74 Å². The van der Waals surface area contributed by atoms with Crippen LogP contribution in [0.15, 0.2) is 28.7 Å². The number of benzene rings is 1. The summed E-state index contributed by atoms with van der Waals surface area (Å²) in [5.41, 5.74) is 2.26. The van der Waals surface area contributed by atoms with Gasteiger partial charge in [-0.3, -0.25) is 0 Å². The van der Waals surface area contributed by atoms with E-state index in [1.54, 1.807) is 7.11 Å². The molecule has 2 rings (SSSR count). The molecule has 0 spiro atoms. The standard InChI is InChI=1S/C10H10BrNO/c1-13-6-9-5-7-4-8(11)2-3-10(7)12-9/h2-5,12H,6H2,1H3. The Balaban J connectivity index is 2.49. The van der Waals surface area contributed by atoms with Crippen molar-refractivity contribution < 1.29 is 4.74 Å². The Hall–Kier alpha value is -0.800. The Bertz CT molecular complexity index is 422. The number of hydrogen-bond acceptors (Lipinski definition) is 1. The van der Waals surface area contributed by atoms with Crippen molar-refractivity contribution >= 4 is 26.8 Å². The minimum atomic E-state index is 0.631. The largest absolute Gasteiger partial charge is 0.378 e. The number of fused-ring (bicyclic) bond motifs is 1. The van der Waals surface area contributed by atoms with Gasteiger partial charge in [-0.25, -0.2) is 0 Å². The zero-order valence-corrected chi connectivity index (χ0v) is 8.89. The molecule has 2 aromatic rings. The van der Waals surface area contributed by atoms with Crippen LogP contribution in [0, 0.1) is 0 Å². The second kappa shape index (κ2) is 3.52. The first-order valence-corrected chi connectivity index (χ1v) is 4.85. The number of aromatic amines is 1. The molecule has 3 heteroatoms. The summed E-state index contributed by atoms with van der Waals surface area (Å²) in [5.74, 6) is 0. The summed E-state index contributed by atoms with van der Waals surface area (Å²) >= 11 is 3.44. The summed E-state index contributed by atoms with van der Waals surface area (Å²) in [5, 5.41) is 1.21. The van der Waals surface area contributed by atoms with Crippen molar-refractivity contribution in [2.75, 3.05) is 7.11 Å². The normalized spacial score (nSPS) is 10.9. The van der Waals surface area contributed by atoms with Crippen molar-refractivity contribution in [1.82, 2.24) is 4.98 Å². The number of rotatable bonds is 2. The monoisotopic (exact) mass is 239 g/mol. The number of ether oxygens (including phenoxy) is 1. The average molecular weight is 240 g/mol. The highest BCUT2D eigenvalue weighted by atomic mass is 79.9. The van der Waals surface area contributed by atoms with E-state index in [9.17, 15) is 0 Å². The smallest absolute Gasteiger partial charge is 0.0862 e. The molecule has 13 heavy (non-hydrogen) atoms. The molecule has 1 N–H and O–H groups in total. The zero-order valence-electron chi connectivity index (χ0n) is 7.30. The lowest BCUT2D eigenvalue weighted by molar-refractivity contribution is 0.182. The Labute approximate surface area is 85.0 Å². The van der Waals surface area contributed by atoms with Crippen LogP contribution in [0.5, 0.6) is 0 Å². The maximum Gasteiger partial charge on any atom is 0.0862 e. The zero-order chi connectivity index (χ0) is 9.26. The van der Waals surface area contributed by atoms with Crippen LogP contribution in [0.4, 0.5) is 0 Å². The van der Waals surface area contributed by atoms with E-state index in [1.807, 2.05) is 6.07 Å². The lowest BCUT2D eigenvalue weighted by Gasteiger charge is -1.91. The summed E-state index contributed by atoms with van der Waals surface area (Å²) in [6.07, 6.45) is 0. The van der Waals surface area contributed by atoms with Crippen molar-refractivity contribution in [3.8, 4) is 0 Å². The molecule has 0 saturated heterocycles. The molecule has 0 aliphatic heterocycles. The van der Waals surface area contributed by atoms with Crippen molar-refractivity contribution in [2.45, 2.75) is 6.61 Å². The van der Waals surface area contributed by atoms with E-state index in [2.05, 4.69) is 39.1 Å². The average Bonchev–Trinajstić information content (AvgIpc) is 2.46. The van der Waals surface area contributed by atoms with Gasteiger partial charge in [0.2, 0.25) is 0 Å². The lowest BCUT2D eigenvalue weighted by atomic mass is 10.2. The van der Waals surface area contributed by atoms with Gasteiger partial charge in [0, 0.05) is 28.2 Å². The van der Waals surface area contributed by atoms with Gasteiger partial charge in [-0.05, 0) is 24.3 Å². The summed E-state index contributed by atoms with van der Waals surface area (Å²) in [4.78, 5) is 3.28. The summed E-state index contributed by atoms with van der Waals surface area (Å²) in [7, 11) is 1.70. The van der Waals surface area contributed by atoms with Crippen LogP contribution in [0.2, 0.25) is 0 Å². The van der Waals surface area contributed by atoms with E-state index < -0.39 is 0 Å². The molecular formula is C10H10BrNO. The van der Waals surface area contributed by atoms with E-state index in [0.29, 0.717) is 6.61 Å². The molecule has 1 aromatic heterocycles. The van der Waals surface area contributed by atoms with E-state index in [0.717, 1.165) is 15.7 Å². The first-order valence-electron chi connectivity index (χ1n) is 4.05. The fourth-order valence-electron chi connectivity index (χ4n) is 1.40. The molecule has 0 fully saturated rings. The highest BCUT2D eigenvalue weighted by Gasteiger charge is 1.99. The van der Waals surface area contributed by atoms with E-state index in [-0.39, 0.29) is 0 Å². The fraction of sp³-hybridized carbons (Fsp3) is 0.200. The molecule has 0 radical (unpaired) electrons. The molecule has 0 aliphatic rings. The van der Waals surface area contributed by atoms with Gasteiger partial charge in [-0.1, -0.05) is 15.9 Å². The number of aromatic nitrogens is 1. The Morgan fingerprint density at radius 3 is 3.00 bits per heavy atom. The first-order chi connectivity index (χ1) is 6.29. The third kappa shape index (κ3) is 1.76. The predicted octanol–water partition coefficient (Wildman–Crippen LogP) is 3.08. The van der Waals surface area contributed by atoms with Gasteiger partial charge in [-0.2, -0.15) is 0 Å². The van der Waals surface area contributed by atoms with Gasteiger partial charge in [-0.15, -0.1) is 0 Å². The molecule has 68 valence electrons. The number of nitrogens with one attached hydrogen (secondary N) is 1. The molecule has 1 aromatic carbocycles. The highest BCUT2D eigenvalue weighted by molar-refractivity contribution is 9.10. The van der Waals surface area contributed by atoms with Crippen molar-refractivity contribution in [1.29, 1.82) is 0 Å². The Morgan fingerprint density at radius 2 is 2.23 bits per heavy atom. The Morgan fingerprint density at radius 1 is 1.38 bits per heavy atom. The van der Waals surface area contributed by atoms with Gasteiger partial charge >= 0.3 is 0 Å². The van der Waals surface area contributed by atoms with Gasteiger partial charge in [0.25, 0.3) is 0 Å². The van der Waals surface area contributed by atoms with Crippen LogP contribution in [-0.4, -0.2) is 12.1 Å². The van der Waals surface area contributed by atoms with Crippen molar-refractivity contribution in [3.63, 3.8) is 0 Å². The minimum absolute atomic E-state index is 0.631. The summed E-state index contributed by atoms with van der Waals surface area (Å²) in [6.45, 7) is 0.631. The van der Waals surface area contributed by atoms with Gasteiger partial charge in [0.05, 0.1) is 6.61 Å². The van der Waals surface area contributed by atoms with E-state index >= 15 is 0 Å².